The number of nitrogens with one attached hydrogen (secondary N) is 1. The summed E-state index contributed by atoms with van der Waals surface area (Å²) in [5.41, 5.74) is 9.81. The molecule has 4 N–H and O–H groups in total. The van der Waals surface area contributed by atoms with Crippen LogP contribution in [-0.4, -0.2) is 31.9 Å². The summed E-state index contributed by atoms with van der Waals surface area (Å²) in [6.07, 6.45) is 1.17. The van der Waals surface area contributed by atoms with Crippen molar-refractivity contribution < 1.29 is 27.8 Å². The van der Waals surface area contributed by atoms with Crippen LogP contribution in [0.2, 0.25) is 0 Å². The summed E-state index contributed by atoms with van der Waals surface area (Å²) in [7, 11) is 2.94. The molecule has 3 aromatic carbocycles. The number of phenols is 1. The third kappa shape index (κ3) is 6.03. The third-order valence-corrected chi connectivity index (χ3v) is 6.52. The van der Waals surface area contributed by atoms with Crippen LogP contribution in [0.5, 0.6) is 17.2 Å². The zero-order valence-corrected chi connectivity index (χ0v) is 21.2. The van der Waals surface area contributed by atoms with Crippen LogP contribution in [0.15, 0.2) is 59.0 Å². The lowest BCUT2D eigenvalue weighted by atomic mass is 9.91. The van der Waals surface area contributed by atoms with E-state index in [-0.39, 0.29) is 23.8 Å². The standard InChI is InChI=1S/C29H32F2N2O4/c1-4-17-6-5-7-18(8-17)15-33-16-23(24(32)11-19-9-20(30)12-21(31)10-19)27-13-22-26(35-2)14-25(34)29(36-3)28(22)37-27/h5-10,12-14,23-24,33-34H,4,11,15-16,32H2,1-3H3. The Morgan fingerprint density at radius 1 is 0.973 bits per heavy atom. The molecule has 0 aliphatic heterocycles. The van der Waals surface area contributed by atoms with Gasteiger partial charge in [-0.25, -0.2) is 8.78 Å². The number of fused-ring (bicyclic) bond motifs is 1. The van der Waals surface area contributed by atoms with Crippen LogP contribution in [0.3, 0.4) is 0 Å². The smallest absolute Gasteiger partial charge is 0.204 e. The van der Waals surface area contributed by atoms with Crippen molar-refractivity contribution in [2.75, 3.05) is 20.8 Å². The average molecular weight is 511 g/mol. The van der Waals surface area contributed by atoms with Crippen molar-refractivity contribution in [1.29, 1.82) is 0 Å². The van der Waals surface area contributed by atoms with Crippen molar-refractivity contribution in [1.82, 2.24) is 5.32 Å². The molecule has 0 spiro atoms. The minimum absolute atomic E-state index is 0.113. The molecule has 196 valence electrons. The maximum atomic E-state index is 13.8. The number of benzene rings is 3. The predicted octanol–water partition coefficient (Wildman–Crippen LogP) is 5.44. The molecule has 8 heteroatoms. The van der Waals surface area contributed by atoms with E-state index in [1.165, 1.54) is 38.0 Å². The molecule has 0 aliphatic rings. The quantitative estimate of drug-likeness (QED) is 0.249. The highest BCUT2D eigenvalue weighted by Crippen LogP contribution is 2.43. The van der Waals surface area contributed by atoms with E-state index in [9.17, 15) is 13.9 Å². The second-order valence-electron chi connectivity index (χ2n) is 9.08. The van der Waals surface area contributed by atoms with E-state index < -0.39 is 17.7 Å². The Balaban J connectivity index is 1.66. The van der Waals surface area contributed by atoms with Gasteiger partial charge in [0.1, 0.15) is 23.1 Å². The highest BCUT2D eigenvalue weighted by atomic mass is 19.1. The molecular weight excluding hydrogens is 478 g/mol. The molecule has 2 atom stereocenters. The molecule has 4 aromatic rings. The summed E-state index contributed by atoms with van der Waals surface area (Å²) >= 11 is 0. The lowest BCUT2D eigenvalue weighted by Gasteiger charge is -2.23. The van der Waals surface area contributed by atoms with Crippen LogP contribution in [0.25, 0.3) is 11.0 Å². The molecule has 1 heterocycles. The number of aryl methyl sites for hydroxylation is 1. The minimum Gasteiger partial charge on any atom is -0.504 e. The van der Waals surface area contributed by atoms with Crippen molar-refractivity contribution in [3.63, 3.8) is 0 Å². The van der Waals surface area contributed by atoms with Gasteiger partial charge in [-0.05, 0) is 47.7 Å². The van der Waals surface area contributed by atoms with Crippen molar-refractivity contribution in [3.8, 4) is 17.2 Å². The zero-order chi connectivity index (χ0) is 26.5. The first kappa shape index (κ1) is 26.4. The maximum absolute atomic E-state index is 13.8. The summed E-state index contributed by atoms with van der Waals surface area (Å²) in [4.78, 5) is 0. The largest absolute Gasteiger partial charge is 0.504 e. The fraction of sp³-hybridized carbons (Fsp3) is 0.310. The van der Waals surface area contributed by atoms with E-state index in [4.69, 9.17) is 19.6 Å². The van der Waals surface area contributed by atoms with Crippen molar-refractivity contribution in [3.05, 3.63) is 88.7 Å². The van der Waals surface area contributed by atoms with E-state index in [1.807, 2.05) is 12.1 Å². The Bertz CT molecular complexity index is 1350. The molecule has 0 fully saturated rings. The molecule has 0 aliphatic carbocycles. The molecular formula is C29H32F2N2O4. The number of aromatic hydroxyl groups is 1. The first-order valence-electron chi connectivity index (χ1n) is 12.2. The topological polar surface area (TPSA) is 89.9 Å². The van der Waals surface area contributed by atoms with Gasteiger partial charge in [0.05, 0.1) is 19.6 Å². The third-order valence-electron chi connectivity index (χ3n) is 6.52. The van der Waals surface area contributed by atoms with E-state index >= 15 is 0 Å². The van der Waals surface area contributed by atoms with Crippen LogP contribution in [0.4, 0.5) is 8.78 Å². The molecule has 0 bridgehead atoms. The Morgan fingerprint density at radius 3 is 2.38 bits per heavy atom. The van der Waals surface area contributed by atoms with E-state index in [2.05, 4.69) is 30.4 Å². The van der Waals surface area contributed by atoms with Gasteiger partial charge in [-0.2, -0.15) is 0 Å². The van der Waals surface area contributed by atoms with Gasteiger partial charge < -0.3 is 30.0 Å². The number of halogens is 2. The highest BCUT2D eigenvalue weighted by Gasteiger charge is 2.27. The van der Waals surface area contributed by atoms with Gasteiger partial charge in [0.25, 0.3) is 0 Å². The van der Waals surface area contributed by atoms with Crippen molar-refractivity contribution in [2.45, 2.75) is 38.3 Å². The first-order chi connectivity index (χ1) is 17.8. The Hall–Kier alpha value is -3.62. The number of rotatable bonds is 11. The van der Waals surface area contributed by atoms with Gasteiger partial charge in [0.15, 0.2) is 11.3 Å². The van der Waals surface area contributed by atoms with Crippen molar-refractivity contribution >= 4 is 11.0 Å². The average Bonchev–Trinajstić information content (AvgIpc) is 3.30. The van der Waals surface area contributed by atoms with Crippen LogP contribution >= 0.6 is 0 Å². The molecule has 0 amide bonds. The summed E-state index contributed by atoms with van der Waals surface area (Å²) in [5, 5.41) is 14.4. The Kier molecular flexibility index (Phi) is 8.31. The number of phenolic OH excluding ortho intramolecular Hbond substituents is 1. The molecule has 0 radical (unpaired) electrons. The van der Waals surface area contributed by atoms with Crippen LogP contribution in [-0.2, 0) is 19.4 Å². The van der Waals surface area contributed by atoms with Gasteiger partial charge in [-0.1, -0.05) is 31.2 Å². The minimum atomic E-state index is -0.652. The number of furan rings is 1. The van der Waals surface area contributed by atoms with Gasteiger partial charge in [0.2, 0.25) is 5.75 Å². The predicted molar refractivity (Wildman–Crippen MR) is 139 cm³/mol. The highest BCUT2D eigenvalue weighted by molar-refractivity contribution is 5.92. The fourth-order valence-corrected chi connectivity index (χ4v) is 4.63. The molecule has 0 saturated carbocycles. The maximum Gasteiger partial charge on any atom is 0.204 e. The van der Waals surface area contributed by atoms with E-state index in [0.717, 1.165) is 18.1 Å². The van der Waals surface area contributed by atoms with Gasteiger partial charge in [-0.15, -0.1) is 0 Å². The monoisotopic (exact) mass is 510 g/mol. The number of ether oxygens (including phenoxy) is 2. The summed E-state index contributed by atoms with van der Waals surface area (Å²) in [6, 6.07) is 14.5. The van der Waals surface area contributed by atoms with Crippen molar-refractivity contribution in [2.24, 2.45) is 5.73 Å². The second kappa shape index (κ2) is 11.6. The lowest BCUT2D eigenvalue weighted by Crippen LogP contribution is -2.37. The van der Waals surface area contributed by atoms with Gasteiger partial charge in [0, 0.05) is 37.2 Å². The van der Waals surface area contributed by atoms with Crippen LogP contribution < -0.4 is 20.5 Å². The van der Waals surface area contributed by atoms with Crippen LogP contribution in [0, 0.1) is 11.6 Å². The molecule has 1 aromatic heterocycles. The Labute approximate surface area is 215 Å². The van der Waals surface area contributed by atoms with E-state index in [0.29, 0.717) is 41.1 Å². The summed E-state index contributed by atoms with van der Waals surface area (Å²) < 4.78 is 44.7. The molecule has 2 unspecified atom stereocenters. The first-order valence-corrected chi connectivity index (χ1v) is 12.2. The number of hydrogen-bond donors (Lipinski definition) is 3. The lowest BCUT2D eigenvalue weighted by molar-refractivity contribution is 0.359. The number of hydrogen-bond acceptors (Lipinski definition) is 6. The molecule has 4 rings (SSSR count). The summed E-state index contributed by atoms with van der Waals surface area (Å²) in [5.74, 6) is -0.639. The normalized spacial score (nSPS) is 13.0. The van der Waals surface area contributed by atoms with Crippen LogP contribution in [0.1, 0.15) is 35.3 Å². The molecule has 37 heavy (non-hydrogen) atoms. The molecule has 6 nitrogen and oxygen atoms in total. The molecule has 0 saturated heterocycles. The van der Waals surface area contributed by atoms with Gasteiger partial charge >= 0.3 is 0 Å². The Morgan fingerprint density at radius 2 is 1.70 bits per heavy atom. The number of methoxy groups -OCH3 is 2. The van der Waals surface area contributed by atoms with Gasteiger partial charge in [-0.3, -0.25) is 0 Å². The fourth-order valence-electron chi connectivity index (χ4n) is 4.63. The zero-order valence-electron chi connectivity index (χ0n) is 21.2. The number of nitrogens with two attached hydrogens (primary N) is 1. The second-order valence-corrected chi connectivity index (χ2v) is 9.08. The van der Waals surface area contributed by atoms with E-state index in [1.54, 1.807) is 0 Å². The summed E-state index contributed by atoms with van der Waals surface area (Å²) in [6.45, 7) is 3.16. The SMILES string of the molecule is CCc1cccc(CNCC(c2cc3c(OC)cc(O)c(OC)c3o2)C(N)Cc2cc(F)cc(F)c2)c1.